The number of hydrogen-bond donors (Lipinski definition) is 7. The number of rotatable bonds is 45. The maximum absolute atomic E-state index is 13.1. The lowest BCUT2D eigenvalue weighted by Crippen LogP contribution is -2.61. The van der Waals surface area contributed by atoms with E-state index >= 15 is 0 Å². The van der Waals surface area contributed by atoms with E-state index in [4.69, 9.17) is 28.4 Å². The van der Waals surface area contributed by atoms with Crippen molar-refractivity contribution in [1.29, 1.82) is 0 Å². The van der Waals surface area contributed by atoms with E-state index in [1.165, 1.54) is 122 Å². The van der Waals surface area contributed by atoms with Gasteiger partial charge in [0, 0.05) is 12.8 Å². The molecule has 0 saturated carbocycles. The number of ether oxygens (including phenoxy) is 6. The lowest BCUT2D eigenvalue weighted by Gasteiger charge is -2.42. The molecule has 0 aromatic heterocycles. The van der Waals surface area contributed by atoms with Crippen LogP contribution in [0.5, 0.6) is 0 Å². The average Bonchev–Trinajstić information content (AvgIpc) is 3.37. The fourth-order valence-corrected chi connectivity index (χ4v) is 8.91. The molecular weight excluding hydrogens is 925 g/mol. The first-order valence-electron chi connectivity index (χ1n) is 28.6. The minimum atomic E-state index is -1.77. The van der Waals surface area contributed by atoms with Crippen molar-refractivity contribution >= 4 is 11.9 Å². The van der Waals surface area contributed by atoms with Crippen LogP contribution in [0.15, 0.2) is 36.5 Å². The second-order valence-electron chi connectivity index (χ2n) is 20.1. The summed E-state index contributed by atoms with van der Waals surface area (Å²) in [5, 5.41) is 72.2. The number of carbonyl (C=O) groups excluding carboxylic acids is 2. The molecule has 0 bridgehead atoms. The smallest absolute Gasteiger partial charge is 0.306 e. The van der Waals surface area contributed by atoms with Gasteiger partial charge >= 0.3 is 11.9 Å². The van der Waals surface area contributed by atoms with Crippen LogP contribution < -0.4 is 0 Å². The van der Waals surface area contributed by atoms with E-state index in [1.807, 2.05) is 0 Å². The highest BCUT2D eigenvalue weighted by molar-refractivity contribution is 5.70. The lowest BCUT2D eigenvalue weighted by atomic mass is 9.98. The molecule has 15 nitrogen and oxygen atoms in total. The molecule has 11 atom stereocenters. The maximum atomic E-state index is 13.1. The van der Waals surface area contributed by atoms with E-state index in [0.29, 0.717) is 12.8 Å². The van der Waals surface area contributed by atoms with Gasteiger partial charge in [-0.3, -0.25) is 9.59 Å². The van der Waals surface area contributed by atoms with Gasteiger partial charge in [-0.15, -0.1) is 0 Å². The molecule has 2 rings (SSSR count). The molecule has 0 radical (unpaired) electrons. The van der Waals surface area contributed by atoms with E-state index in [0.717, 1.165) is 57.8 Å². The summed E-state index contributed by atoms with van der Waals surface area (Å²) < 4.78 is 33.7. The molecule has 2 aliphatic rings. The first-order valence-corrected chi connectivity index (χ1v) is 28.6. The highest BCUT2D eigenvalue weighted by Crippen LogP contribution is 2.27. The zero-order valence-corrected chi connectivity index (χ0v) is 44.7. The summed E-state index contributed by atoms with van der Waals surface area (Å²) in [6.45, 7) is 2.57. The molecule has 2 fully saturated rings. The largest absolute Gasteiger partial charge is 0.462 e. The number of aliphatic hydroxyl groups is 7. The Hall–Kier alpha value is -2.28. The Morgan fingerprint density at radius 2 is 0.833 bits per heavy atom. The van der Waals surface area contributed by atoms with Crippen molar-refractivity contribution in [3.8, 4) is 0 Å². The number of allylic oxidation sites excluding steroid dienone is 6. The summed E-state index contributed by atoms with van der Waals surface area (Å²) in [6.07, 6.45) is 31.6. The first kappa shape index (κ1) is 65.8. The Morgan fingerprint density at radius 1 is 0.444 bits per heavy atom. The van der Waals surface area contributed by atoms with Crippen LogP contribution in [-0.4, -0.2) is 142 Å². The SMILES string of the molecule is CCCCCC/C=C/C=C/CCCCCCCC(=O)OC[C@H](CO[C@H]1O[C@@H](CO[C@H]2O[C@@H](CO)[C@@H](O)C(O)C2O)[C@@H](O)C(O)C1O)OC(=O)CCCCCCCCCCCCC/C=C/CCCCCCCC. The molecule has 0 aromatic carbocycles. The van der Waals surface area contributed by atoms with E-state index < -0.39 is 92.7 Å². The van der Waals surface area contributed by atoms with Crippen LogP contribution >= 0.6 is 0 Å². The third-order valence-corrected chi connectivity index (χ3v) is 13.6. The van der Waals surface area contributed by atoms with Gasteiger partial charge in [-0.25, -0.2) is 0 Å². The minimum Gasteiger partial charge on any atom is -0.462 e. The van der Waals surface area contributed by atoms with Gasteiger partial charge in [0.25, 0.3) is 0 Å². The van der Waals surface area contributed by atoms with Crippen LogP contribution in [0.3, 0.4) is 0 Å². The highest BCUT2D eigenvalue weighted by atomic mass is 16.7. The van der Waals surface area contributed by atoms with Crippen LogP contribution in [0.25, 0.3) is 0 Å². The molecule has 0 aromatic rings. The fraction of sp³-hybridized carbons (Fsp3) is 0.860. The van der Waals surface area contributed by atoms with Gasteiger partial charge in [-0.2, -0.15) is 0 Å². The number of hydrogen-bond acceptors (Lipinski definition) is 15. The molecule has 0 amide bonds. The Balaban J connectivity index is 1.76. The zero-order chi connectivity index (χ0) is 52.4. The zero-order valence-electron chi connectivity index (χ0n) is 44.7. The lowest BCUT2D eigenvalue weighted by molar-refractivity contribution is -0.332. The maximum Gasteiger partial charge on any atom is 0.306 e. The highest BCUT2D eigenvalue weighted by Gasteiger charge is 2.47. The monoisotopic (exact) mass is 1030 g/mol. The Labute approximate surface area is 434 Å². The van der Waals surface area contributed by atoms with Gasteiger partial charge in [0.2, 0.25) is 0 Å². The summed E-state index contributed by atoms with van der Waals surface area (Å²) >= 11 is 0. The van der Waals surface area contributed by atoms with E-state index in [-0.39, 0.29) is 26.1 Å². The molecule has 0 aliphatic carbocycles. The van der Waals surface area contributed by atoms with Gasteiger partial charge in [-0.1, -0.05) is 179 Å². The molecule has 0 spiro atoms. The molecule has 15 heteroatoms. The minimum absolute atomic E-state index is 0.162. The topological polar surface area (TPSA) is 231 Å². The van der Waals surface area contributed by atoms with E-state index in [1.54, 1.807) is 0 Å². The normalized spacial score (nSPS) is 25.2. The van der Waals surface area contributed by atoms with Crippen molar-refractivity contribution in [1.82, 2.24) is 0 Å². The predicted octanol–water partition coefficient (Wildman–Crippen LogP) is 9.27. The molecular formula is C57H102O15. The van der Waals surface area contributed by atoms with Gasteiger partial charge < -0.3 is 64.2 Å². The van der Waals surface area contributed by atoms with Crippen molar-refractivity contribution < 1.29 is 73.8 Å². The summed E-state index contributed by atoms with van der Waals surface area (Å²) in [7, 11) is 0. The third kappa shape index (κ3) is 30.9. The fourth-order valence-electron chi connectivity index (χ4n) is 8.91. The quantitative estimate of drug-likeness (QED) is 0.0130. The van der Waals surface area contributed by atoms with Crippen molar-refractivity contribution in [3.63, 3.8) is 0 Å². The molecule has 420 valence electrons. The Bertz CT molecular complexity index is 1390. The Morgan fingerprint density at radius 3 is 1.32 bits per heavy atom. The van der Waals surface area contributed by atoms with Crippen LogP contribution in [0.2, 0.25) is 0 Å². The van der Waals surface area contributed by atoms with Crippen molar-refractivity contribution in [2.24, 2.45) is 0 Å². The molecule has 2 aliphatic heterocycles. The second-order valence-corrected chi connectivity index (χ2v) is 20.1. The van der Waals surface area contributed by atoms with Gasteiger partial charge in [0.1, 0.15) is 55.4 Å². The van der Waals surface area contributed by atoms with Gasteiger partial charge in [0.05, 0.1) is 19.8 Å². The summed E-state index contributed by atoms with van der Waals surface area (Å²) in [6, 6.07) is 0. The van der Waals surface area contributed by atoms with Crippen LogP contribution in [0, 0.1) is 0 Å². The molecule has 7 N–H and O–H groups in total. The van der Waals surface area contributed by atoms with E-state index in [2.05, 4.69) is 50.3 Å². The molecule has 4 unspecified atom stereocenters. The average molecular weight is 1030 g/mol. The molecule has 2 heterocycles. The molecule has 72 heavy (non-hydrogen) atoms. The number of unbranched alkanes of at least 4 members (excludes halogenated alkanes) is 26. The number of carbonyl (C=O) groups is 2. The Kier molecular flexibility index (Phi) is 40.1. The van der Waals surface area contributed by atoms with E-state index in [9.17, 15) is 45.3 Å². The van der Waals surface area contributed by atoms with Crippen molar-refractivity contribution in [3.05, 3.63) is 36.5 Å². The summed E-state index contributed by atoms with van der Waals surface area (Å²) in [4.78, 5) is 25.9. The summed E-state index contributed by atoms with van der Waals surface area (Å²) in [5.41, 5.74) is 0. The first-order chi connectivity index (χ1) is 35.0. The third-order valence-electron chi connectivity index (χ3n) is 13.6. The standard InChI is InChI=1S/C57H102O15/c1-3-5-7-9-11-13-15-17-19-20-21-22-23-24-26-28-30-32-34-36-38-40-49(60)70-45(42-67-48(59)39-37-35-33-31-29-27-25-18-16-14-12-10-8-6-4-2)43-68-56-55(66)53(64)51(62)47(72-56)44-69-57-54(65)52(63)50(61)46(41-58)71-57/h14,16-19,25,45-47,50-58,61-66H,3-13,15,20-24,26-44H2,1-2H3/b16-14+,19-17+,25-18+/t45-,46+,47+,50-,51-,52?,53?,54?,55?,56+,57+/m1/s1. The molecule has 2 saturated heterocycles. The number of esters is 2. The van der Waals surface area contributed by atoms with Crippen molar-refractivity contribution in [2.45, 2.75) is 287 Å². The van der Waals surface area contributed by atoms with Gasteiger partial charge in [-0.05, 0) is 64.2 Å². The van der Waals surface area contributed by atoms with Crippen LogP contribution in [0.4, 0.5) is 0 Å². The number of aliphatic hydroxyl groups excluding tert-OH is 7. The van der Waals surface area contributed by atoms with Crippen molar-refractivity contribution in [2.75, 3.05) is 26.4 Å². The van der Waals surface area contributed by atoms with Crippen LogP contribution in [-0.2, 0) is 38.0 Å². The second kappa shape index (κ2) is 43.9. The summed E-state index contributed by atoms with van der Waals surface area (Å²) in [5.74, 6) is -0.937. The van der Waals surface area contributed by atoms with Gasteiger partial charge in [0.15, 0.2) is 18.7 Å². The van der Waals surface area contributed by atoms with Crippen LogP contribution in [0.1, 0.15) is 219 Å². The predicted molar refractivity (Wildman–Crippen MR) is 280 cm³/mol.